The highest BCUT2D eigenvalue weighted by atomic mass is 32.2. The number of pyridine rings is 1. The zero-order valence-corrected chi connectivity index (χ0v) is 13.5. The van der Waals surface area contributed by atoms with Gasteiger partial charge in [0.15, 0.2) is 5.03 Å². The molecule has 6 heteroatoms. The molecule has 2 atom stereocenters. The standard InChI is InChI=1S/C14H25N3O2S/c1-5-11(3)12(4)17-20(18,19)14-8-7-13(10-16-14)9-15-6-2/h7-8,10-12,15,17H,5-6,9H2,1-4H3. The molecule has 0 amide bonds. The van der Waals surface area contributed by atoms with Gasteiger partial charge in [-0.25, -0.2) is 18.1 Å². The lowest BCUT2D eigenvalue weighted by Crippen LogP contribution is -2.37. The Bertz CT molecular complexity index is 500. The van der Waals surface area contributed by atoms with Crippen LogP contribution in [0.3, 0.4) is 0 Å². The number of rotatable bonds is 8. The predicted molar refractivity (Wildman–Crippen MR) is 80.9 cm³/mol. The molecule has 114 valence electrons. The van der Waals surface area contributed by atoms with E-state index >= 15 is 0 Å². The molecule has 0 fully saturated rings. The van der Waals surface area contributed by atoms with Crippen LogP contribution in [0.4, 0.5) is 0 Å². The van der Waals surface area contributed by atoms with Crippen LogP contribution in [0.25, 0.3) is 0 Å². The summed E-state index contributed by atoms with van der Waals surface area (Å²) in [7, 11) is -3.53. The van der Waals surface area contributed by atoms with Gasteiger partial charge in [-0.1, -0.05) is 33.3 Å². The molecule has 5 nitrogen and oxygen atoms in total. The Hall–Kier alpha value is -0.980. The highest BCUT2D eigenvalue weighted by Gasteiger charge is 2.21. The van der Waals surface area contributed by atoms with Gasteiger partial charge in [0.05, 0.1) is 0 Å². The minimum atomic E-state index is -3.53. The van der Waals surface area contributed by atoms with E-state index in [1.165, 1.54) is 0 Å². The van der Waals surface area contributed by atoms with Crippen molar-refractivity contribution >= 4 is 10.0 Å². The Kier molecular flexibility index (Phi) is 6.58. The summed E-state index contributed by atoms with van der Waals surface area (Å²) in [6.07, 6.45) is 2.53. The normalized spacial score (nSPS) is 15.0. The summed E-state index contributed by atoms with van der Waals surface area (Å²) in [4.78, 5) is 4.05. The molecule has 2 unspecified atom stereocenters. The molecule has 0 radical (unpaired) electrons. The van der Waals surface area contributed by atoms with Gasteiger partial charge in [0.2, 0.25) is 0 Å². The van der Waals surface area contributed by atoms with Crippen LogP contribution in [0.2, 0.25) is 0 Å². The smallest absolute Gasteiger partial charge is 0.258 e. The lowest BCUT2D eigenvalue weighted by atomic mass is 10.0. The highest BCUT2D eigenvalue weighted by molar-refractivity contribution is 7.89. The largest absolute Gasteiger partial charge is 0.313 e. The maximum atomic E-state index is 12.2. The molecule has 0 spiro atoms. The molecular weight excluding hydrogens is 274 g/mol. The third kappa shape index (κ3) is 4.85. The molecule has 0 aliphatic carbocycles. The number of hydrogen-bond acceptors (Lipinski definition) is 4. The molecule has 0 aliphatic rings. The summed E-state index contributed by atoms with van der Waals surface area (Å²) in [5.41, 5.74) is 0.973. The number of nitrogens with zero attached hydrogens (tertiary/aromatic N) is 1. The zero-order chi connectivity index (χ0) is 15.2. The van der Waals surface area contributed by atoms with Gasteiger partial charge in [-0.15, -0.1) is 0 Å². The van der Waals surface area contributed by atoms with Crippen LogP contribution in [0.15, 0.2) is 23.4 Å². The van der Waals surface area contributed by atoms with Crippen LogP contribution in [-0.4, -0.2) is 26.0 Å². The van der Waals surface area contributed by atoms with Crippen molar-refractivity contribution in [2.24, 2.45) is 5.92 Å². The van der Waals surface area contributed by atoms with E-state index in [0.717, 1.165) is 18.5 Å². The van der Waals surface area contributed by atoms with E-state index in [4.69, 9.17) is 0 Å². The lowest BCUT2D eigenvalue weighted by molar-refractivity contribution is 0.433. The van der Waals surface area contributed by atoms with Gasteiger partial charge in [-0.05, 0) is 31.0 Å². The first kappa shape index (κ1) is 17.1. The molecule has 20 heavy (non-hydrogen) atoms. The highest BCUT2D eigenvalue weighted by Crippen LogP contribution is 2.12. The summed E-state index contributed by atoms with van der Waals surface area (Å²) in [6.45, 7) is 9.54. The van der Waals surface area contributed by atoms with Crippen molar-refractivity contribution in [2.75, 3.05) is 6.54 Å². The number of hydrogen-bond donors (Lipinski definition) is 2. The molecule has 1 aromatic heterocycles. The topological polar surface area (TPSA) is 71.1 Å². The van der Waals surface area contributed by atoms with E-state index in [1.54, 1.807) is 18.3 Å². The number of aromatic nitrogens is 1. The van der Waals surface area contributed by atoms with Crippen molar-refractivity contribution < 1.29 is 8.42 Å². The third-order valence-electron chi connectivity index (χ3n) is 3.49. The van der Waals surface area contributed by atoms with Crippen LogP contribution in [0.5, 0.6) is 0 Å². The van der Waals surface area contributed by atoms with Gasteiger partial charge in [0.1, 0.15) is 0 Å². The van der Waals surface area contributed by atoms with Crippen LogP contribution < -0.4 is 10.0 Å². The van der Waals surface area contributed by atoms with Gasteiger partial charge in [-0.3, -0.25) is 0 Å². The Morgan fingerprint density at radius 1 is 1.25 bits per heavy atom. The Labute approximate surface area is 122 Å². The SMILES string of the molecule is CCNCc1ccc(S(=O)(=O)NC(C)C(C)CC)nc1. The monoisotopic (exact) mass is 299 g/mol. The summed E-state index contributed by atoms with van der Waals surface area (Å²) in [5.74, 6) is 0.290. The summed E-state index contributed by atoms with van der Waals surface area (Å²) < 4.78 is 27.1. The van der Waals surface area contributed by atoms with E-state index in [2.05, 4.69) is 15.0 Å². The van der Waals surface area contributed by atoms with Gasteiger partial charge < -0.3 is 5.32 Å². The average molecular weight is 299 g/mol. The predicted octanol–water partition coefficient (Wildman–Crippen LogP) is 1.90. The second kappa shape index (κ2) is 7.71. The molecule has 1 heterocycles. The maximum absolute atomic E-state index is 12.2. The molecule has 0 aliphatic heterocycles. The quantitative estimate of drug-likeness (QED) is 0.769. The minimum Gasteiger partial charge on any atom is -0.313 e. The Balaban J connectivity index is 2.77. The van der Waals surface area contributed by atoms with E-state index in [1.807, 2.05) is 27.7 Å². The molecule has 1 rings (SSSR count). The maximum Gasteiger partial charge on any atom is 0.258 e. The summed E-state index contributed by atoms with van der Waals surface area (Å²) in [6, 6.07) is 3.24. The van der Waals surface area contributed by atoms with Crippen molar-refractivity contribution in [3.8, 4) is 0 Å². The van der Waals surface area contributed by atoms with Crippen molar-refractivity contribution in [2.45, 2.75) is 51.7 Å². The Morgan fingerprint density at radius 3 is 2.45 bits per heavy atom. The average Bonchev–Trinajstić information content (AvgIpc) is 2.44. The molecular formula is C14H25N3O2S. The minimum absolute atomic E-state index is 0.0768. The number of nitrogens with one attached hydrogen (secondary N) is 2. The van der Waals surface area contributed by atoms with Crippen molar-refractivity contribution in [1.82, 2.24) is 15.0 Å². The lowest BCUT2D eigenvalue weighted by Gasteiger charge is -2.19. The third-order valence-corrected chi connectivity index (χ3v) is 4.96. The fourth-order valence-corrected chi connectivity index (χ4v) is 3.00. The molecule has 0 saturated heterocycles. The molecule has 2 N–H and O–H groups in total. The second-order valence-corrected chi connectivity index (χ2v) is 6.74. The zero-order valence-electron chi connectivity index (χ0n) is 12.7. The van der Waals surface area contributed by atoms with Gasteiger partial charge in [0.25, 0.3) is 10.0 Å². The first-order valence-corrected chi connectivity index (χ1v) is 8.57. The summed E-state index contributed by atoms with van der Waals surface area (Å²) >= 11 is 0. The molecule has 1 aromatic rings. The van der Waals surface area contributed by atoms with Crippen LogP contribution in [0.1, 0.15) is 39.7 Å². The van der Waals surface area contributed by atoms with Crippen LogP contribution in [0, 0.1) is 5.92 Å². The van der Waals surface area contributed by atoms with E-state index in [9.17, 15) is 8.42 Å². The number of sulfonamides is 1. The summed E-state index contributed by atoms with van der Waals surface area (Å²) in [5, 5.41) is 3.25. The van der Waals surface area contributed by atoms with Crippen molar-refractivity contribution in [3.05, 3.63) is 23.9 Å². The fraction of sp³-hybridized carbons (Fsp3) is 0.643. The van der Waals surface area contributed by atoms with Crippen LogP contribution in [-0.2, 0) is 16.6 Å². The van der Waals surface area contributed by atoms with Gasteiger partial charge in [-0.2, -0.15) is 0 Å². The fourth-order valence-electron chi connectivity index (χ4n) is 1.72. The van der Waals surface area contributed by atoms with E-state index in [-0.39, 0.29) is 17.0 Å². The first-order valence-electron chi connectivity index (χ1n) is 7.08. The molecule has 0 saturated carbocycles. The van der Waals surface area contributed by atoms with Crippen molar-refractivity contribution in [3.63, 3.8) is 0 Å². The van der Waals surface area contributed by atoms with Crippen molar-refractivity contribution in [1.29, 1.82) is 0 Å². The van der Waals surface area contributed by atoms with Crippen LogP contribution >= 0.6 is 0 Å². The van der Waals surface area contributed by atoms with Gasteiger partial charge >= 0.3 is 0 Å². The molecule has 0 bridgehead atoms. The molecule has 0 aromatic carbocycles. The second-order valence-electron chi connectivity index (χ2n) is 5.08. The first-order chi connectivity index (χ1) is 9.40. The Morgan fingerprint density at radius 2 is 1.95 bits per heavy atom. The van der Waals surface area contributed by atoms with E-state index < -0.39 is 10.0 Å². The van der Waals surface area contributed by atoms with Gasteiger partial charge in [0, 0.05) is 18.8 Å². The van der Waals surface area contributed by atoms with E-state index in [0.29, 0.717) is 6.54 Å².